The first kappa shape index (κ1) is 20.5. The van der Waals surface area contributed by atoms with Crippen molar-refractivity contribution in [3.05, 3.63) is 52.8 Å². The Balaban J connectivity index is 1.92. The van der Waals surface area contributed by atoms with Crippen LogP contribution in [-0.4, -0.2) is 32.2 Å². The van der Waals surface area contributed by atoms with Crippen molar-refractivity contribution in [2.24, 2.45) is 0 Å². The zero-order chi connectivity index (χ0) is 20.0. The Morgan fingerprint density at radius 1 is 1.11 bits per heavy atom. The predicted molar refractivity (Wildman–Crippen MR) is 98.8 cm³/mol. The van der Waals surface area contributed by atoms with Gasteiger partial charge in [-0.2, -0.15) is 0 Å². The molecule has 2 rings (SSSR count). The third-order valence-corrected chi connectivity index (χ3v) is 3.96. The molecule has 0 fully saturated rings. The number of amides is 1. The monoisotopic (exact) mass is 395 g/mol. The number of ether oxygens (including phenoxy) is 3. The molecule has 0 aliphatic heterocycles. The molecule has 27 heavy (non-hydrogen) atoms. The van der Waals surface area contributed by atoms with E-state index in [0.29, 0.717) is 22.0 Å². The van der Waals surface area contributed by atoms with Crippen LogP contribution in [0.5, 0.6) is 11.5 Å². The minimum Gasteiger partial charge on any atom is -0.495 e. The largest absolute Gasteiger partial charge is 0.495 e. The first-order chi connectivity index (χ1) is 12.8. The highest BCUT2D eigenvalue weighted by Gasteiger charge is 2.19. The number of carbonyl (C=O) groups is 2. The number of esters is 1. The second kappa shape index (κ2) is 9.23. The van der Waals surface area contributed by atoms with Crippen LogP contribution >= 0.6 is 11.6 Å². The predicted octanol–water partition coefficient (Wildman–Crippen LogP) is 3.61. The van der Waals surface area contributed by atoms with Gasteiger partial charge in [-0.05, 0) is 42.8 Å². The Kier molecular flexibility index (Phi) is 7.01. The summed E-state index contributed by atoms with van der Waals surface area (Å²) in [6.45, 7) is 1.44. The van der Waals surface area contributed by atoms with Crippen molar-refractivity contribution in [3.63, 3.8) is 0 Å². The van der Waals surface area contributed by atoms with E-state index in [2.05, 4.69) is 5.32 Å². The molecule has 6 nitrogen and oxygen atoms in total. The van der Waals surface area contributed by atoms with Crippen molar-refractivity contribution in [3.8, 4) is 11.5 Å². The maximum absolute atomic E-state index is 13.7. The summed E-state index contributed by atoms with van der Waals surface area (Å²) in [6.07, 6.45) is -1.21. The summed E-state index contributed by atoms with van der Waals surface area (Å²) in [6, 6.07) is 8.88. The Hall–Kier alpha value is -2.80. The van der Waals surface area contributed by atoms with Gasteiger partial charge in [0.15, 0.2) is 17.7 Å². The smallest absolute Gasteiger partial charge is 0.311 e. The van der Waals surface area contributed by atoms with E-state index >= 15 is 0 Å². The number of halogens is 2. The summed E-state index contributed by atoms with van der Waals surface area (Å²) in [7, 11) is 2.83. The maximum atomic E-state index is 13.7. The van der Waals surface area contributed by atoms with Gasteiger partial charge >= 0.3 is 5.97 Å². The molecule has 0 spiro atoms. The first-order valence-corrected chi connectivity index (χ1v) is 8.38. The van der Waals surface area contributed by atoms with E-state index in [0.717, 1.165) is 0 Å². The van der Waals surface area contributed by atoms with Crippen molar-refractivity contribution >= 4 is 29.2 Å². The molecular weight excluding hydrogens is 377 g/mol. The topological polar surface area (TPSA) is 73.9 Å². The lowest BCUT2D eigenvalue weighted by atomic mass is 10.1. The average Bonchev–Trinajstić information content (AvgIpc) is 2.62. The second-order valence-corrected chi connectivity index (χ2v) is 6.02. The van der Waals surface area contributed by atoms with Crippen molar-refractivity contribution in [1.82, 2.24) is 0 Å². The number of carbonyl (C=O) groups excluding carboxylic acids is 2. The number of benzene rings is 2. The molecule has 0 aliphatic rings. The molecule has 1 amide bonds. The highest BCUT2D eigenvalue weighted by atomic mass is 35.5. The third kappa shape index (κ3) is 5.59. The summed E-state index contributed by atoms with van der Waals surface area (Å²) >= 11 is 6.00. The summed E-state index contributed by atoms with van der Waals surface area (Å²) in [5, 5.41) is 2.93. The minimum atomic E-state index is -1.04. The van der Waals surface area contributed by atoms with Gasteiger partial charge < -0.3 is 19.5 Å². The van der Waals surface area contributed by atoms with E-state index in [-0.39, 0.29) is 12.2 Å². The van der Waals surface area contributed by atoms with Gasteiger partial charge in [-0.3, -0.25) is 9.59 Å². The summed E-state index contributed by atoms with van der Waals surface area (Å²) in [5.74, 6) is -1.20. The van der Waals surface area contributed by atoms with E-state index in [4.69, 9.17) is 25.8 Å². The van der Waals surface area contributed by atoms with Crippen LogP contribution in [0.25, 0.3) is 0 Å². The van der Waals surface area contributed by atoms with Crippen molar-refractivity contribution < 1.29 is 28.2 Å². The normalized spacial score (nSPS) is 11.4. The standard InChI is InChI=1S/C19H19ClFNO5/c1-11(19(24)22-13-5-7-16(25-2)14(20)10-13)27-18(23)9-12-4-6-17(26-3)15(21)8-12/h4-8,10-11H,9H2,1-3H3,(H,22,24)/t11-/m1/s1. The molecular formula is C19H19ClFNO5. The van der Waals surface area contributed by atoms with Gasteiger partial charge in [0.2, 0.25) is 0 Å². The van der Waals surface area contributed by atoms with Crippen molar-refractivity contribution in [2.75, 3.05) is 19.5 Å². The molecule has 0 heterocycles. The van der Waals surface area contributed by atoms with Crippen LogP contribution in [0.1, 0.15) is 12.5 Å². The molecule has 2 aromatic carbocycles. The Morgan fingerprint density at radius 2 is 1.78 bits per heavy atom. The molecule has 0 aliphatic carbocycles. The SMILES string of the molecule is COc1ccc(CC(=O)O[C@H](C)C(=O)Nc2ccc(OC)c(Cl)c2)cc1F. The van der Waals surface area contributed by atoms with Gasteiger partial charge in [-0.1, -0.05) is 17.7 Å². The highest BCUT2D eigenvalue weighted by Crippen LogP contribution is 2.27. The van der Waals surface area contributed by atoms with Crippen LogP contribution in [-0.2, 0) is 20.7 Å². The molecule has 2 aromatic rings. The Morgan fingerprint density at radius 3 is 2.37 bits per heavy atom. The summed E-state index contributed by atoms with van der Waals surface area (Å²) in [4.78, 5) is 24.2. The van der Waals surface area contributed by atoms with Crippen molar-refractivity contribution in [1.29, 1.82) is 0 Å². The molecule has 0 bridgehead atoms. The van der Waals surface area contributed by atoms with Gasteiger partial charge in [-0.25, -0.2) is 4.39 Å². The molecule has 0 unspecified atom stereocenters. The maximum Gasteiger partial charge on any atom is 0.311 e. The zero-order valence-corrected chi connectivity index (χ0v) is 15.8. The highest BCUT2D eigenvalue weighted by molar-refractivity contribution is 6.32. The Bertz CT molecular complexity index is 843. The van der Waals surface area contributed by atoms with E-state index in [1.54, 1.807) is 18.2 Å². The first-order valence-electron chi connectivity index (χ1n) is 8.00. The number of anilines is 1. The summed E-state index contributed by atoms with van der Waals surface area (Å²) in [5.41, 5.74) is 0.846. The van der Waals surface area contributed by atoms with Crippen LogP contribution in [0.2, 0.25) is 5.02 Å². The van der Waals surface area contributed by atoms with E-state index in [9.17, 15) is 14.0 Å². The summed E-state index contributed by atoms with van der Waals surface area (Å²) < 4.78 is 28.6. The van der Waals surface area contributed by atoms with Gasteiger partial charge in [0.1, 0.15) is 5.75 Å². The number of hydrogen-bond donors (Lipinski definition) is 1. The van der Waals surface area contributed by atoms with Crippen LogP contribution in [0, 0.1) is 5.82 Å². The van der Waals surface area contributed by atoms with Gasteiger partial charge in [0.05, 0.1) is 25.7 Å². The van der Waals surface area contributed by atoms with Gasteiger partial charge in [0.25, 0.3) is 5.91 Å². The fraction of sp³-hybridized carbons (Fsp3) is 0.263. The fourth-order valence-corrected chi connectivity index (χ4v) is 2.52. The van der Waals surface area contributed by atoms with E-state index in [1.165, 1.54) is 39.3 Å². The fourth-order valence-electron chi connectivity index (χ4n) is 2.27. The van der Waals surface area contributed by atoms with Crippen LogP contribution in [0.15, 0.2) is 36.4 Å². The third-order valence-electron chi connectivity index (χ3n) is 3.66. The van der Waals surface area contributed by atoms with Gasteiger partial charge in [0, 0.05) is 5.69 Å². The van der Waals surface area contributed by atoms with Crippen molar-refractivity contribution in [2.45, 2.75) is 19.4 Å². The molecule has 1 N–H and O–H groups in total. The molecule has 1 atom stereocenters. The molecule has 0 radical (unpaired) electrons. The van der Waals surface area contributed by atoms with Gasteiger partial charge in [-0.15, -0.1) is 0 Å². The number of methoxy groups -OCH3 is 2. The minimum absolute atomic E-state index is 0.0815. The molecule has 8 heteroatoms. The zero-order valence-electron chi connectivity index (χ0n) is 15.0. The Labute approximate surface area is 161 Å². The van der Waals surface area contributed by atoms with Crippen LogP contribution in [0.3, 0.4) is 0 Å². The molecule has 0 saturated heterocycles. The lowest BCUT2D eigenvalue weighted by Crippen LogP contribution is -2.30. The number of nitrogens with one attached hydrogen (secondary N) is 1. The molecule has 0 saturated carbocycles. The molecule has 144 valence electrons. The number of hydrogen-bond acceptors (Lipinski definition) is 5. The lowest BCUT2D eigenvalue weighted by molar-refractivity contribution is -0.152. The molecule has 0 aromatic heterocycles. The van der Waals surface area contributed by atoms with Crippen LogP contribution in [0.4, 0.5) is 10.1 Å². The lowest BCUT2D eigenvalue weighted by Gasteiger charge is -2.14. The van der Waals surface area contributed by atoms with E-state index in [1.807, 2.05) is 0 Å². The average molecular weight is 396 g/mol. The van der Waals surface area contributed by atoms with Crippen LogP contribution < -0.4 is 14.8 Å². The number of rotatable bonds is 7. The van der Waals surface area contributed by atoms with E-state index < -0.39 is 23.8 Å². The quantitative estimate of drug-likeness (QED) is 0.725. The second-order valence-electron chi connectivity index (χ2n) is 5.62.